The summed E-state index contributed by atoms with van der Waals surface area (Å²) in [7, 11) is 0. The van der Waals surface area contributed by atoms with Gasteiger partial charge in [-0.2, -0.15) is 0 Å². The molecule has 19 nitrogen and oxygen atoms in total. The normalized spacial score (nSPS) is 29.5. The van der Waals surface area contributed by atoms with Crippen LogP contribution in [0, 0.1) is 0 Å². The highest BCUT2D eigenvalue weighted by molar-refractivity contribution is 5.76. The summed E-state index contributed by atoms with van der Waals surface area (Å²) in [6, 6.07) is -1.01. The van der Waals surface area contributed by atoms with Crippen LogP contribution in [0.4, 0.5) is 0 Å². The van der Waals surface area contributed by atoms with Gasteiger partial charge in [-0.15, -0.1) is 0 Å². The molecular weight excluding hydrogens is 1120 g/mol. The zero-order valence-corrected chi connectivity index (χ0v) is 51.7. The maximum absolute atomic E-state index is 13.3. The van der Waals surface area contributed by atoms with Gasteiger partial charge in [-0.3, -0.25) is 4.79 Å². The number of rotatable bonds is 45. The summed E-state index contributed by atoms with van der Waals surface area (Å²) in [5, 5.41) is 120. The number of aliphatic hydroxyl groups is 11. The first-order valence-electron chi connectivity index (χ1n) is 31.9. The second-order valence-corrected chi connectivity index (χ2v) is 22.1. The fourth-order valence-corrected chi connectivity index (χ4v) is 9.83. The summed E-state index contributed by atoms with van der Waals surface area (Å²) in [6.45, 7) is 1.29. The lowest BCUT2D eigenvalue weighted by molar-refractivity contribution is -0.379. The summed E-state index contributed by atoms with van der Waals surface area (Å²) in [6.07, 6.45) is 40.5. The van der Waals surface area contributed by atoms with Gasteiger partial charge >= 0.3 is 0 Å². The van der Waals surface area contributed by atoms with E-state index in [9.17, 15) is 61.0 Å². The largest absolute Gasteiger partial charge is 0.394 e. The molecule has 3 heterocycles. The molecule has 17 atom stereocenters. The van der Waals surface area contributed by atoms with Crippen LogP contribution < -0.4 is 5.32 Å². The van der Waals surface area contributed by atoms with Crippen molar-refractivity contribution in [3.8, 4) is 0 Å². The molecule has 17 unspecified atom stereocenters. The van der Waals surface area contributed by atoms with Gasteiger partial charge in [0.25, 0.3) is 0 Å². The van der Waals surface area contributed by atoms with Crippen LogP contribution >= 0.6 is 0 Å². The van der Waals surface area contributed by atoms with Crippen LogP contribution in [-0.2, 0) is 33.2 Å². The number of unbranched alkanes of at least 4 members (excludes halogenated alkanes) is 10. The van der Waals surface area contributed by atoms with Gasteiger partial charge in [0.05, 0.1) is 38.6 Å². The highest BCUT2D eigenvalue weighted by atomic mass is 16.8. The van der Waals surface area contributed by atoms with Crippen LogP contribution in [0.1, 0.15) is 155 Å². The fraction of sp³-hybridized carbons (Fsp3) is 0.662. The van der Waals surface area contributed by atoms with E-state index in [1.54, 1.807) is 12.2 Å². The monoisotopic (exact) mass is 1230 g/mol. The summed E-state index contributed by atoms with van der Waals surface area (Å²) in [4.78, 5) is 13.3. The second-order valence-electron chi connectivity index (χ2n) is 22.1. The summed E-state index contributed by atoms with van der Waals surface area (Å²) in [5.41, 5.74) is 0. The Kier molecular flexibility index (Phi) is 43.2. The standard InChI is InChI=1S/C68H109NO18/c1-3-5-7-9-11-13-14-15-16-17-18-19-20-21-22-23-24-25-26-27-28-29-30-31-32-33-34-35-36-38-40-42-44-46-56(74)69-51(52(73)45-43-41-39-37-12-10-8-6-4-2)50-82-66-62(80)59(77)64(54(48-71)84-66)87-68-63(81)60(78)65(55(49-72)85-68)86-67-61(79)58(76)57(75)53(47-70)83-67/h4-7,11-13,15-16,18-19,21-22,24-25,27-28,30-31,37,43,45,51-55,57-68,70-73,75-81H,3,8-10,14,17,20,23,26,29,32-36,38-42,44,46-50H2,1-2H3,(H,69,74)/b6-4+,7-5-,13-11-,16-15-,19-18-,22-21-,25-24-,28-27-,31-30-,37-12+,45-43+. The van der Waals surface area contributed by atoms with Gasteiger partial charge in [0.15, 0.2) is 18.9 Å². The molecule has 3 aliphatic rings. The van der Waals surface area contributed by atoms with E-state index in [0.29, 0.717) is 12.8 Å². The van der Waals surface area contributed by atoms with Gasteiger partial charge in [0.1, 0.15) is 73.2 Å². The molecule has 0 aromatic heterocycles. The number of nitrogens with one attached hydrogen (secondary N) is 1. The van der Waals surface area contributed by atoms with Crippen molar-refractivity contribution in [3.05, 3.63) is 134 Å². The highest BCUT2D eigenvalue weighted by Gasteiger charge is 2.53. The molecule has 3 rings (SSSR count). The number of hydrogen-bond donors (Lipinski definition) is 12. The fourth-order valence-electron chi connectivity index (χ4n) is 9.83. The number of hydrogen-bond acceptors (Lipinski definition) is 18. The number of carbonyl (C=O) groups is 1. The Labute approximate surface area is 518 Å². The predicted octanol–water partition coefficient (Wildman–Crippen LogP) is 7.04. The van der Waals surface area contributed by atoms with E-state index >= 15 is 0 Å². The van der Waals surface area contributed by atoms with Crippen molar-refractivity contribution in [2.75, 3.05) is 26.4 Å². The van der Waals surface area contributed by atoms with Gasteiger partial charge in [0, 0.05) is 6.42 Å². The van der Waals surface area contributed by atoms with E-state index in [0.717, 1.165) is 116 Å². The average molecular weight is 1230 g/mol. The second kappa shape index (κ2) is 48.7. The molecule has 19 heteroatoms. The maximum Gasteiger partial charge on any atom is 0.220 e. The van der Waals surface area contributed by atoms with E-state index in [-0.39, 0.29) is 18.9 Å². The van der Waals surface area contributed by atoms with Crippen molar-refractivity contribution in [1.29, 1.82) is 0 Å². The molecular formula is C68H109NO18. The van der Waals surface area contributed by atoms with Gasteiger partial charge in [-0.05, 0) is 103 Å². The third-order valence-electron chi connectivity index (χ3n) is 15.0. The lowest BCUT2D eigenvalue weighted by atomic mass is 9.96. The number of ether oxygens (including phenoxy) is 6. The molecule has 0 bridgehead atoms. The number of aliphatic hydroxyl groups excluding tert-OH is 11. The van der Waals surface area contributed by atoms with Crippen LogP contribution in [0.2, 0.25) is 0 Å². The first-order chi connectivity index (χ1) is 42.3. The minimum atomic E-state index is -1.99. The lowest BCUT2D eigenvalue weighted by Gasteiger charge is -2.48. The van der Waals surface area contributed by atoms with Crippen LogP contribution in [-0.4, -0.2) is 193 Å². The van der Waals surface area contributed by atoms with Crippen molar-refractivity contribution in [2.24, 2.45) is 0 Å². The molecule has 0 aliphatic carbocycles. The SMILES string of the molecule is C/C=C/CC/C=C/CC/C=C/C(O)C(COC1OC(CO)C(OC2OC(CO)C(OC3OC(CO)C(O)C(O)C3O)C(O)C2O)C(O)C1O)NC(=O)CCCCCCCCCC/C=C\C/C=C\C/C=C\C/C=C\C/C=C\C/C=C\C/C=C\C/C=C\CC. The zero-order chi connectivity index (χ0) is 63.3. The third kappa shape index (κ3) is 31.5. The van der Waals surface area contributed by atoms with Gasteiger partial charge in [-0.25, -0.2) is 0 Å². The van der Waals surface area contributed by atoms with Crippen LogP contribution in [0.5, 0.6) is 0 Å². The minimum absolute atomic E-state index is 0.212. The van der Waals surface area contributed by atoms with Gasteiger partial charge < -0.3 is 89.9 Å². The molecule has 3 saturated heterocycles. The zero-order valence-electron chi connectivity index (χ0n) is 51.7. The maximum atomic E-state index is 13.3. The van der Waals surface area contributed by atoms with E-state index in [1.807, 2.05) is 13.0 Å². The average Bonchev–Trinajstić information content (AvgIpc) is 3.66. The predicted molar refractivity (Wildman–Crippen MR) is 336 cm³/mol. The van der Waals surface area contributed by atoms with E-state index in [4.69, 9.17) is 28.4 Å². The molecule has 3 aliphatic heterocycles. The minimum Gasteiger partial charge on any atom is -0.394 e. The van der Waals surface area contributed by atoms with Gasteiger partial charge in [0.2, 0.25) is 5.91 Å². The Balaban J connectivity index is 1.37. The lowest BCUT2D eigenvalue weighted by Crippen LogP contribution is -2.66. The molecule has 0 spiro atoms. The van der Waals surface area contributed by atoms with E-state index in [1.165, 1.54) is 6.42 Å². The van der Waals surface area contributed by atoms with Crippen molar-refractivity contribution < 1.29 is 89.4 Å². The van der Waals surface area contributed by atoms with Crippen molar-refractivity contribution >= 4 is 5.91 Å². The third-order valence-corrected chi connectivity index (χ3v) is 15.0. The van der Waals surface area contributed by atoms with Crippen LogP contribution in [0.3, 0.4) is 0 Å². The number of allylic oxidation sites excluding steroid dienone is 21. The molecule has 1 amide bonds. The van der Waals surface area contributed by atoms with Crippen molar-refractivity contribution in [1.82, 2.24) is 5.32 Å². The molecule has 0 radical (unpaired) electrons. The Morgan fingerprint density at radius 2 is 0.816 bits per heavy atom. The van der Waals surface area contributed by atoms with Crippen molar-refractivity contribution in [2.45, 2.75) is 259 Å². The summed E-state index contributed by atoms with van der Waals surface area (Å²) >= 11 is 0. The number of carbonyl (C=O) groups excluding carboxylic acids is 1. The Morgan fingerprint density at radius 1 is 0.437 bits per heavy atom. The number of amides is 1. The Morgan fingerprint density at radius 3 is 1.29 bits per heavy atom. The Bertz CT molecular complexity index is 2100. The first kappa shape index (κ1) is 77.2. The molecule has 0 aromatic rings. The molecule has 3 fully saturated rings. The first-order valence-corrected chi connectivity index (χ1v) is 31.9. The molecule has 0 aromatic carbocycles. The van der Waals surface area contributed by atoms with Crippen LogP contribution in [0.25, 0.3) is 0 Å². The van der Waals surface area contributed by atoms with E-state index in [2.05, 4.69) is 128 Å². The molecule has 0 saturated carbocycles. The molecule has 12 N–H and O–H groups in total. The smallest absolute Gasteiger partial charge is 0.220 e. The van der Waals surface area contributed by atoms with Crippen LogP contribution in [0.15, 0.2) is 134 Å². The molecule has 494 valence electrons. The quantitative estimate of drug-likeness (QED) is 0.0215. The summed E-state index contributed by atoms with van der Waals surface area (Å²) in [5.74, 6) is -0.310. The van der Waals surface area contributed by atoms with Crippen molar-refractivity contribution in [3.63, 3.8) is 0 Å². The van der Waals surface area contributed by atoms with Gasteiger partial charge in [-0.1, -0.05) is 179 Å². The molecule has 87 heavy (non-hydrogen) atoms. The van der Waals surface area contributed by atoms with E-state index < -0.39 is 124 Å². The highest BCUT2D eigenvalue weighted by Crippen LogP contribution is 2.33. The Hall–Kier alpha value is -4.07. The summed E-state index contributed by atoms with van der Waals surface area (Å²) < 4.78 is 34.1. The topological polar surface area (TPSA) is 307 Å².